The zero-order valence-corrected chi connectivity index (χ0v) is 15.0. The van der Waals surface area contributed by atoms with E-state index in [0.717, 1.165) is 24.8 Å². The summed E-state index contributed by atoms with van der Waals surface area (Å²) in [6.45, 7) is 2.69. The van der Waals surface area contributed by atoms with E-state index in [0.29, 0.717) is 28.7 Å². The number of rotatable bonds is 11. The van der Waals surface area contributed by atoms with Crippen LogP contribution in [0.5, 0.6) is 10.8 Å². The molecule has 1 unspecified atom stereocenters. The van der Waals surface area contributed by atoms with E-state index in [2.05, 4.69) is 6.92 Å². The van der Waals surface area contributed by atoms with E-state index in [1.807, 2.05) is 0 Å². The van der Waals surface area contributed by atoms with Crippen molar-refractivity contribution < 1.29 is 23.6 Å². The summed E-state index contributed by atoms with van der Waals surface area (Å²) in [5.41, 5.74) is 0.907. The van der Waals surface area contributed by atoms with Gasteiger partial charge in [0.1, 0.15) is 10.6 Å². The molecule has 0 spiro atoms. The van der Waals surface area contributed by atoms with E-state index in [9.17, 15) is 9.00 Å². The summed E-state index contributed by atoms with van der Waals surface area (Å²) in [6.07, 6.45) is 4.62. The van der Waals surface area contributed by atoms with Crippen LogP contribution < -0.4 is 9.47 Å². The third-order valence-electron chi connectivity index (χ3n) is 3.00. The summed E-state index contributed by atoms with van der Waals surface area (Å²) in [6, 6.07) is 0. The van der Waals surface area contributed by atoms with Gasteiger partial charge in [-0.25, -0.2) is 0 Å². The zero-order chi connectivity index (χ0) is 16.5. The minimum atomic E-state index is -1.18. The van der Waals surface area contributed by atoms with Crippen LogP contribution in [0.4, 0.5) is 0 Å². The van der Waals surface area contributed by atoms with Crippen LogP contribution in [0.1, 0.15) is 41.4 Å². The molecule has 0 bridgehead atoms. The van der Waals surface area contributed by atoms with Crippen molar-refractivity contribution in [2.45, 2.75) is 32.6 Å². The zero-order valence-electron chi connectivity index (χ0n) is 13.3. The molecule has 1 atom stereocenters. The van der Waals surface area contributed by atoms with Gasteiger partial charge in [0.05, 0.1) is 19.5 Å². The highest BCUT2D eigenvalue weighted by Crippen LogP contribution is 2.42. The molecule has 0 saturated carbocycles. The molecule has 1 rings (SSSR count). The molecule has 0 aliphatic rings. The second-order valence-electron chi connectivity index (χ2n) is 4.90. The Labute approximate surface area is 138 Å². The number of carbonyl (C=O) groups excluding carboxylic acids is 1. The molecular formula is C15H24O5S2. The molecule has 22 heavy (non-hydrogen) atoms. The number of carbonyl (C=O) groups is 1. The van der Waals surface area contributed by atoms with Crippen LogP contribution in [0.25, 0.3) is 0 Å². The molecule has 1 N–H and O–H groups in total. The van der Waals surface area contributed by atoms with Crippen molar-refractivity contribution >= 4 is 27.9 Å². The van der Waals surface area contributed by atoms with Crippen LogP contribution >= 0.6 is 11.3 Å². The maximum Gasteiger partial charge on any atom is 0.189 e. The van der Waals surface area contributed by atoms with Crippen LogP contribution in [0.2, 0.25) is 0 Å². The lowest BCUT2D eigenvalue weighted by Gasteiger charge is -2.07. The van der Waals surface area contributed by atoms with Gasteiger partial charge in [0, 0.05) is 29.2 Å². The third-order valence-corrected chi connectivity index (χ3v) is 4.83. The van der Waals surface area contributed by atoms with Gasteiger partial charge in [-0.2, -0.15) is 0 Å². The fraction of sp³-hybridized carbons (Fsp3) is 0.667. The number of thiophene rings is 1. The molecule has 1 aromatic rings. The van der Waals surface area contributed by atoms with E-state index in [1.165, 1.54) is 24.7 Å². The molecule has 0 saturated heterocycles. The van der Waals surface area contributed by atoms with Crippen LogP contribution in [0, 0.1) is 0 Å². The summed E-state index contributed by atoms with van der Waals surface area (Å²) in [5.74, 6) is 0.372. The van der Waals surface area contributed by atoms with Gasteiger partial charge in [-0.3, -0.25) is 9.00 Å². The maximum atomic E-state index is 12.2. The van der Waals surface area contributed by atoms with E-state index in [1.54, 1.807) is 0 Å². The van der Waals surface area contributed by atoms with Gasteiger partial charge >= 0.3 is 0 Å². The number of unbranched alkanes of at least 4 members (excludes halogenated alkanes) is 1. The molecule has 1 heterocycles. The number of aliphatic hydroxyl groups excluding tert-OH is 1. The largest absolute Gasteiger partial charge is 0.495 e. The Balaban J connectivity index is 3.01. The van der Waals surface area contributed by atoms with Crippen LogP contribution in [0.3, 0.4) is 0 Å². The second kappa shape index (κ2) is 9.97. The Bertz CT molecular complexity index is 510. The van der Waals surface area contributed by atoms with Gasteiger partial charge in [0.15, 0.2) is 10.8 Å². The monoisotopic (exact) mass is 348 g/mol. The molecule has 1 aromatic heterocycles. The first kappa shape index (κ1) is 19.1. The fourth-order valence-electron chi connectivity index (χ4n) is 2.04. The molecule has 0 aliphatic heterocycles. The quantitative estimate of drug-likeness (QED) is 0.491. The van der Waals surface area contributed by atoms with E-state index in [4.69, 9.17) is 14.6 Å². The molecule has 7 heteroatoms. The predicted octanol–water partition coefficient (Wildman–Crippen LogP) is 2.42. The number of aliphatic hydroxyl groups is 1. The van der Waals surface area contributed by atoms with Crippen LogP contribution in [-0.4, -0.2) is 47.4 Å². The number of hydrogen-bond acceptors (Lipinski definition) is 6. The fourth-order valence-corrected chi connectivity index (χ4v) is 3.78. The number of methoxy groups -OCH3 is 1. The summed E-state index contributed by atoms with van der Waals surface area (Å²) >= 11 is 1.27. The molecule has 0 aliphatic carbocycles. The first-order valence-electron chi connectivity index (χ1n) is 7.31. The summed E-state index contributed by atoms with van der Waals surface area (Å²) in [4.78, 5) is 12.7. The molecule has 0 radical (unpaired) electrons. The SMILES string of the molecule is CCCc1c(OCCCCO)sc(C(=O)CS(C)=O)c1OC. The van der Waals surface area contributed by atoms with Crippen molar-refractivity contribution in [3.63, 3.8) is 0 Å². The molecule has 0 amide bonds. The van der Waals surface area contributed by atoms with Gasteiger partial charge < -0.3 is 14.6 Å². The van der Waals surface area contributed by atoms with E-state index in [-0.39, 0.29) is 18.1 Å². The lowest BCUT2D eigenvalue weighted by molar-refractivity contribution is 0.102. The molecular weight excluding hydrogens is 324 g/mol. The lowest BCUT2D eigenvalue weighted by Crippen LogP contribution is -2.09. The number of ketones is 1. The second-order valence-corrected chi connectivity index (χ2v) is 7.32. The first-order chi connectivity index (χ1) is 10.5. The number of Topliss-reactive ketones (excluding diaryl/α,β-unsaturated/α-hetero) is 1. The number of hydrogen-bond donors (Lipinski definition) is 1. The van der Waals surface area contributed by atoms with Crippen molar-refractivity contribution in [2.75, 3.05) is 32.3 Å². The average Bonchev–Trinajstić information content (AvgIpc) is 2.81. The van der Waals surface area contributed by atoms with Crippen molar-refractivity contribution in [1.29, 1.82) is 0 Å². The minimum absolute atomic E-state index is 0.00755. The Hall–Kier alpha value is -0.920. The normalized spacial score (nSPS) is 12.2. The highest BCUT2D eigenvalue weighted by molar-refractivity contribution is 7.85. The van der Waals surface area contributed by atoms with Gasteiger partial charge in [-0.05, 0) is 19.3 Å². The topological polar surface area (TPSA) is 72.8 Å². The van der Waals surface area contributed by atoms with Crippen molar-refractivity contribution in [3.8, 4) is 10.8 Å². The summed E-state index contributed by atoms with van der Waals surface area (Å²) in [5, 5.41) is 9.49. The minimum Gasteiger partial charge on any atom is -0.495 e. The van der Waals surface area contributed by atoms with Crippen LogP contribution in [-0.2, 0) is 17.2 Å². The number of ether oxygens (including phenoxy) is 2. The highest BCUT2D eigenvalue weighted by atomic mass is 32.2. The van der Waals surface area contributed by atoms with Gasteiger partial charge in [0.2, 0.25) is 0 Å². The maximum absolute atomic E-state index is 12.2. The van der Waals surface area contributed by atoms with Crippen LogP contribution in [0.15, 0.2) is 0 Å². The van der Waals surface area contributed by atoms with Crippen molar-refractivity contribution in [3.05, 3.63) is 10.4 Å². The van der Waals surface area contributed by atoms with Crippen molar-refractivity contribution in [1.82, 2.24) is 0 Å². The molecule has 0 fully saturated rings. The van der Waals surface area contributed by atoms with E-state index >= 15 is 0 Å². The van der Waals surface area contributed by atoms with Gasteiger partial charge in [-0.1, -0.05) is 24.7 Å². The lowest BCUT2D eigenvalue weighted by atomic mass is 10.1. The molecule has 0 aromatic carbocycles. The van der Waals surface area contributed by atoms with E-state index < -0.39 is 10.8 Å². The standard InChI is InChI=1S/C15H24O5S2/c1-4-7-11-13(19-2)14(12(17)10-22(3)18)21-15(11)20-9-6-5-8-16/h16H,4-10H2,1-3H3. The van der Waals surface area contributed by atoms with Gasteiger partial charge in [-0.15, -0.1) is 0 Å². The average molecular weight is 348 g/mol. The highest BCUT2D eigenvalue weighted by Gasteiger charge is 2.24. The Morgan fingerprint density at radius 3 is 2.64 bits per heavy atom. The summed E-state index contributed by atoms with van der Waals surface area (Å²) < 4.78 is 22.5. The Morgan fingerprint density at radius 2 is 2.09 bits per heavy atom. The van der Waals surface area contributed by atoms with Gasteiger partial charge in [0.25, 0.3) is 0 Å². The molecule has 5 nitrogen and oxygen atoms in total. The predicted molar refractivity (Wildman–Crippen MR) is 89.9 cm³/mol. The Kier molecular flexibility index (Phi) is 8.67. The molecule has 126 valence electrons. The smallest absolute Gasteiger partial charge is 0.189 e. The third kappa shape index (κ3) is 5.37. The summed E-state index contributed by atoms with van der Waals surface area (Å²) in [7, 11) is 0.356. The Morgan fingerprint density at radius 1 is 1.36 bits per heavy atom. The first-order valence-corrected chi connectivity index (χ1v) is 9.86. The van der Waals surface area contributed by atoms with Crippen molar-refractivity contribution in [2.24, 2.45) is 0 Å².